The van der Waals surface area contributed by atoms with Gasteiger partial charge in [0.25, 0.3) is 0 Å². The van der Waals surface area contributed by atoms with Crippen LogP contribution < -0.4 is 0 Å². The third kappa shape index (κ3) is 5.96. The number of hydrogen-bond acceptors (Lipinski definition) is 2. The Balaban J connectivity index is 4.69. The Kier molecular flexibility index (Phi) is 10.7. The Morgan fingerprint density at radius 2 is 1.33 bits per heavy atom. The molecule has 21 heavy (non-hydrogen) atoms. The van der Waals surface area contributed by atoms with E-state index in [2.05, 4.69) is 27.0 Å². The molecule has 0 heterocycles. The van der Waals surface area contributed by atoms with Gasteiger partial charge in [0.15, 0.2) is 5.79 Å². The van der Waals surface area contributed by atoms with Crippen LogP contribution in [0.5, 0.6) is 0 Å². The summed E-state index contributed by atoms with van der Waals surface area (Å²) in [6, 6.07) is 0. The number of rotatable bonds is 14. The highest BCUT2D eigenvalue weighted by atomic mass is 16.7. The Labute approximate surface area is 132 Å². The van der Waals surface area contributed by atoms with E-state index in [-0.39, 0.29) is 5.41 Å². The maximum Gasteiger partial charge on any atom is 0.196 e. The van der Waals surface area contributed by atoms with Crippen molar-refractivity contribution in [3.05, 3.63) is 25.3 Å². The molecule has 0 aliphatic carbocycles. The molecule has 0 aliphatic rings. The lowest BCUT2D eigenvalue weighted by Crippen LogP contribution is -2.48. The number of unbranched alkanes of at least 4 members (excludes halogenated alkanes) is 5. The molecule has 0 saturated carbocycles. The fourth-order valence-corrected chi connectivity index (χ4v) is 2.84. The molecule has 0 amide bonds. The first-order chi connectivity index (χ1) is 10.1. The van der Waals surface area contributed by atoms with Gasteiger partial charge in [-0.1, -0.05) is 65.0 Å². The SMILES string of the molecule is C=CC(C)(CCCCCCCC)C(C=C)(OCC)OCC. The van der Waals surface area contributed by atoms with Gasteiger partial charge in [0.05, 0.1) is 0 Å². The minimum atomic E-state index is -0.762. The molecule has 0 spiro atoms. The standard InChI is InChI=1S/C19H36O2/c1-7-12-13-14-15-16-17-18(6,8-2)19(9-3,20-10-4)21-11-5/h8-9H,2-3,7,10-17H2,1,4-6H3. The predicted octanol–water partition coefficient (Wildman–Crippen LogP) is 5.88. The Hall–Kier alpha value is -0.600. The summed E-state index contributed by atoms with van der Waals surface area (Å²) in [7, 11) is 0. The van der Waals surface area contributed by atoms with Crippen LogP contribution in [0.1, 0.15) is 72.6 Å². The van der Waals surface area contributed by atoms with Crippen molar-refractivity contribution < 1.29 is 9.47 Å². The lowest BCUT2D eigenvalue weighted by molar-refractivity contribution is -0.250. The molecule has 124 valence electrons. The van der Waals surface area contributed by atoms with Crippen molar-refractivity contribution in [2.75, 3.05) is 13.2 Å². The predicted molar refractivity (Wildman–Crippen MR) is 92.5 cm³/mol. The molecule has 2 heteroatoms. The average Bonchev–Trinajstić information content (AvgIpc) is 2.50. The molecule has 0 bridgehead atoms. The van der Waals surface area contributed by atoms with E-state index in [4.69, 9.17) is 9.47 Å². The van der Waals surface area contributed by atoms with Crippen molar-refractivity contribution >= 4 is 0 Å². The van der Waals surface area contributed by atoms with Crippen LogP contribution >= 0.6 is 0 Å². The first-order valence-corrected chi connectivity index (χ1v) is 8.60. The van der Waals surface area contributed by atoms with Crippen LogP contribution in [0.15, 0.2) is 25.3 Å². The zero-order chi connectivity index (χ0) is 16.2. The summed E-state index contributed by atoms with van der Waals surface area (Å²) >= 11 is 0. The third-order valence-electron chi connectivity index (χ3n) is 4.28. The van der Waals surface area contributed by atoms with Crippen molar-refractivity contribution in [3.8, 4) is 0 Å². The Morgan fingerprint density at radius 3 is 1.76 bits per heavy atom. The highest BCUT2D eigenvalue weighted by Crippen LogP contribution is 2.42. The van der Waals surface area contributed by atoms with E-state index >= 15 is 0 Å². The quantitative estimate of drug-likeness (QED) is 0.226. The van der Waals surface area contributed by atoms with Crippen molar-refractivity contribution in [1.29, 1.82) is 0 Å². The van der Waals surface area contributed by atoms with Gasteiger partial charge < -0.3 is 9.47 Å². The lowest BCUT2D eigenvalue weighted by atomic mass is 9.76. The van der Waals surface area contributed by atoms with Gasteiger partial charge in [-0.3, -0.25) is 0 Å². The van der Waals surface area contributed by atoms with Gasteiger partial charge in [-0.15, -0.1) is 6.58 Å². The fourth-order valence-electron chi connectivity index (χ4n) is 2.84. The van der Waals surface area contributed by atoms with E-state index < -0.39 is 5.79 Å². The molecule has 1 unspecified atom stereocenters. The van der Waals surface area contributed by atoms with Crippen LogP contribution in [-0.2, 0) is 9.47 Å². The van der Waals surface area contributed by atoms with Gasteiger partial charge in [0.1, 0.15) is 0 Å². The minimum Gasteiger partial charge on any atom is -0.346 e. The normalized spacial score (nSPS) is 14.7. The molecular weight excluding hydrogens is 260 g/mol. The van der Waals surface area contributed by atoms with Crippen LogP contribution in [0.2, 0.25) is 0 Å². The molecular formula is C19H36O2. The molecule has 1 atom stereocenters. The summed E-state index contributed by atoms with van der Waals surface area (Å²) in [5, 5.41) is 0. The third-order valence-corrected chi connectivity index (χ3v) is 4.28. The molecule has 0 radical (unpaired) electrons. The van der Waals surface area contributed by atoms with Crippen molar-refractivity contribution in [1.82, 2.24) is 0 Å². The van der Waals surface area contributed by atoms with Gasteiger partial charge in [0, 0.05) is 18.6 Å². The maximum absolute atomic E-state index is 5.96. The first kappa shape index (κ1) is 20.4. The van der Waals surface area contributed by atoms with E-state index in [0.29, 0.717) is 13.2 Å². The fraction of sp³-hybridized carbons (Fsp3) is 0.789. The van der Waals surface area contributed by atoms with Crippen LogP contribution in [0, 0.1) is 5.41 Å². The van der Waals surface area contributed by atoms with Crippen LogP contribution in [0.4, 0.5) is 0 Å². The molecule has 0 aliphatic heterocycles. The summed E-state index contributed by atoms with van der Waals surface area (Å²) in [5.74, 6) is -0.762. The van der Waals surface area contributed by atoms with E-state index in [9.17, 15) is 0 Å². The lowest BCUT2D eigenvalue weighted by Gasteiger charge is -2.44. The molecule has 0 aromatic rings. The first-order valence-electron chi connectivity index (χ1n) is 8.60. The van der Waals surface area contributed by atoms with E-state index in [0.717, 1.165) is 6.42 Å². The van der Waals surface area contributed by atoms with Gasteiger partial charge in [-0.2, -0.15) is 0 Å². The summed E-state index contributed by atoms with van der Waals surface area (Å²) in [4.78, 5) is 0. The van der Waals surface area contributed by atoms with Crippen LogP contribution in [-0.4, -0.2) is 19.0 Å². The molecule has 2 nitrogen and oxygen atoms in total. The average molecular weight is 296 g/mol. The topological polar surface area (TPSA) is 18.5 Å². The van der Waals surface area contributed by atoms with Crippen molar-refractivity contribution in [2.24, 2.45) is 5.41 Å². The van der Waals surface area contributed by atoms with Crippen LogP contribution in [0.25, 0.3) is 0 Å². The van der Waals surface area contributed by atoms with Gasteiger partial charge in [-0.05, 0) is 26.3 Å². The molecule has 0 aromatic carbocycles. The summed E-state index contributed by atoms with van der Waals surface area (Å²) < 4.78 is 11.9. The monoisotopic (exact) mass is 296 g/mol. The minimum absolute atomic E-state index is 0.245. The number of hydrogen-bond donors (Lipinski definition) is 0. The number of ether oxygens (including phenoxy) is 2. The highest BCUT2D eigenvalue weighted by molar-refractivity contribution is 5.10. The maximum atomic E-state index is 5.96. The zero-order valence-corrected chi connectivity index (χ0v) is 14.7. The second-order valence-corrected chi connectivity index (χ2v) is 5.88. The molecule has 0 N–H and O–H groups in total. The van der Waals surface area contributed by atoms with E-state index in [1.54, 1.807) is 6.08 Å². The second-order valence-electron chi connectivity index (χ2n) is 5.88. The van der Waals surface area contributed by atoms with E-state index in [1.165, 1.54) is 38.5 Å². The van der Waals surface area contributed by atoms with Gasteiger partial charge in [-0.25, -0.2) is 0 Å². The van der Waals surface area contributed by atoms with E-state index in [1.807, 2.05) is 19.9 Å². The molecule has 0 aromatic heterocycles. The zero-order valence-electron chi connectivity index (χ0n) is 14.7. The molecule has 0 saturated heterocycles. The van der Waals surface area contributed by atoms with Crippen LogP contribution in [0.3, 0.4) is 0 Å². The summed E-state index contributed by atoms with van der Waals surface area (Å²) in [5.41, 5.74) is -0.245. The van der Waals surface area contributed by atoms with Gasteiger partial charge >= 0.3 is 0 Å². The highest BCUT2D eigenvalue weighted by Gasteiger charge is 2.45. The Bertz CT molecular complexity index is 279. The molecule has 0 rings (SSSR count). The second kappa shape index (κ2) is 11.0. The smallest absolute Gasteiger partial charge is 0.196 e. The van der Waals surface area contributed by atoms with Crippen molar-refractivity contribution in [2.45, 2.75) is 78.4 Å². The van der Waals surface area contributed by atoms with Gasteiger partial charge in [0.2, 0.25) is 0 Å². The Morgan fingerprint density at radius 1 is 0.810 bits per heavy atom. The molecule has 0 fully saturated rings. The largest absolute Gasteiger partial charge is 0.346 e. The summed E-state index contributed by atoms with van der Waals surface area (Å²) in [6.45, 7) is 17.6. The summed E-state index contributed by atoms with van der Waals surface area (Å²) in [6.07, 6.45) is 12.5. The van der Waals surface area contributed by atoms with Crippen molar-refractivity contribution in [3.63, 3.8) is 0 Å².